The molecule has 3 aromatic heterocycles. The van der Waals surface area contributed by atoms with Crippen LogP contribution in [0.25, 0.3) is 0 Å². The second-order valence-electron chi connectivity index (χ2n) is 10.4. The van der Waals surface area contributed by atoms with Crippen molar-refractivity contribution in [2.75, 3.05) is 29.9 Å². The van der Waals surface area contributed by atoms with Crippen LogP contribution in [-0.2, 0) is 6.54 Å². The fraction of sp³-hybridized carbons (Fsp3) is 0.444. The molecule has 1 saturated heterocycles. The van der Waals surface area contributed by atoms with Crippen LogP contribution in [0.2, 0.25) is 0 Å². The number of anilines is 2. The number of rotatable bonds is 7. The maximum Gasteiger partial charge on any atom is 0.337 e. The average Bonchev–Trinajstić information content (AvgIpc) is 3.34. The number of carboxylic acid groups (broad SMARTS) is 1. The molecule has 2 N–H and O–H groups in total. The number of nitrogens with one attached hydrogen (secondary N) is 1. The van der Waals surface area contributed by atoms with E-state index in [0.717, 1.165) is 11.5 Å². The Morgan fingerprint density at radius 2 is 1.97 bits per heavy atom. The number of aromatic nitrogens is 3. The number of amides is 1. The lowest BCUT2D eigenvalue weighted by Crippen LogP contribution is -2.61. The molecular weight excluding hydrogens is 488 g/mol. The van der Waals surface area contributed by atoms with Gasteiger partial charge in [-0.1, -0.05) is 13.8 Å². The zero-order chi connectivity index (χ0) is 26.9. The van der Waals surface area contributed by atoms with Crippen molar-refractivity contribution in [3.05, 3.63) is 62.9 Å². The molecule has 196 valence electrons. The van der Waals surface area contributed by atoms with Crippen molar-refractivity contribution in [2.45, 2.75) is 59.5 Å². The normalized spacial score (nSPS) is 15.2. The highest BCUT2D eigenvalue weighted by molar-refractivity contribution is 7.07. The Labute approximate surface area is 221 Å². The molecule has 0 unspecified atom stereocenters. The lowest BCUT2D eigenvalue weighted by atomic mass is 9.97. The maximum absolute atomic E-state index is 13.6. The van der Waals surface area contributed by atoms with E-state index < -0.39 is 11.5 Å². The van der Waals surface area contributed by atoms with Gasteiger partial charge in [-0.2, -0.15) is 11.3 Å². The molecule has 4 heterocycles. The van der Waals surface area contributed by atoms with E-state index in [1.54, 1.807) is 31.4 Å². The summed E-state index contributed by atoms with van der Waals surface area (Å²) in [5.74, 6) is 0.400. The van der Waals surface area contributed by atoms with E-state index in [1.165, 1.54) is 5.56 Å². The smallest absolute Gasteiger partial charge is 0.337 e. The quantitative estimate of drug-likeness (QED) is 0.458. The minimum absolute atomic E-state index is 0.0985. The van der Waals surface area contributed by atoms with Gasteiger partial charge in [0, 0.05) is 26.2 Å². The fourth-order valence-electron chi connectivity index (χ4n) is 4.79. The second kappa shape index (κ2) is 10.5. The molecule has 4 rings (SSSR count). The number of aromatic carboxylic acids is 1. The zero-order valence-corrected chi connectivity index (χ0v) is 23.0. The molecule has 9 nitrogen and oxygen atoms in total. The van der Waals surface area contributed by atoms with Gasteiger partial charge in [0.05, 0.1) is 28.7 Å². The summed E-state index contributed by atoms with van der Waals surface area (Å²) in [6.45, 7) is 13.9. The predicted octanol–water partition coefficient (Wildman–Crippen LogP) is 4.72. The summed E-state index contributed by atoms with van der Waals surface area (Å²) in [4.78, 5) is 43.0. The van der Waals surface area contributed by atoms with E-state index in [9.17, 15) is 14.7 Å². The van der Waals surface area contributed by atoms with Crippen LogP contribution in [0.3, 0.4) is 0 Å². The molecule has 0 aromatic carbocycles. The summed E-state index contributed by atoms with van der Waals surface area (Å²) >= 11 is 1.65. The van der Waals surface area contributed by atoms with E-state index in [0.29, 0.717) is 48.9 Å². The summed E-state index contributed by atoms with van der Waals surface area (Å²) in [5, 5.41) is 17.0. The Hall–Kier alpha value is -3.53. The lowest BCUT2D eigenvalue weighted by molar-refractivity contribution is 0.0506. The van der Waals surface area contributed by atoms with Crippen molar-refractivity contribution in [1.29, 1.82) is 0 Å². The Morgan fingerprint density at radius 3 is 2.57 bits per heavy atom. The Morgan fingerprint density at radius 1 is 1.22 bits per heavy atom. The molecule has 37 heavy (non-hydrogen) atoms. The number of nitrogens with zero attached hydrogens (tertiary/aromatic N) is 5. The number of piperazine rings is 1. The highest BCUT2D eigenvalue weighted by atomic mass is 32.1. The number of carboxylic acids is 1. The van der Waals surface area contributed by atoms with Crippen LogP contribution in [0.5, 0.6) is 0 Å². The van der Waals surface area contributed by atoms with Crippen molar-refractivity contribution in [1.82, 2.24) is 19.9 Å². The number of pyridine rings is 1. The van der Waals surface area contributed by atoms with Gasteiger partial charge in [0.2, 0.25) is 0 Å². The molecule has 0 saturated carbocycles. The van der Waals surface area contributed by atoms with E-state index in [-0.39, 0.29) is 17.4 Å². The number of thiophene rings is 1. The third kappa shape index (κ3) is 5.58. The Balaban J connectivity index is 1.52. The number of carbonyl (C=O) groups is 2. The van der Waals surface area contributed by atoms with E-state index in [2.05, 4.69) is 31.6 Å². The molecule has 0 atom stereocenters. The largest absolute Gasteiger partial charge is 0.478 e. The highest BCUT2D eigenvalue weighted by Crippen LogP contribution is 2.29. The van der Waals surface area contributed by atoms with Crippen molar-refractivity contribution in [2.24, 2.45) is 0 Å². The molecular formula is C27H34N6O3S. The first-order valence-corrected chi connectivity index (χ1v) is 13.3. The molecule has 1 aliphatic rings. The maximum atomic E-state index is 13.6. The van der Waals surface area contributed by atoms with Crippen LogP contribution in [0.15, 0.2) is 29.1 Å². The van der Waals surface area contributed by atoms with E-state index in [4.69, 9.17) is 4.98 Å². The first-order chi connectivity index (χ1) is 17.5. The van der Waals surface area contributed by atoms with Gasteiger partial charge in [-0.05, 0) is 67.6 Å². The highest BCUT2D eigenvalue weighted by Gasteiger charge is 2.38. The SMILES string of the molecule is Cc1cc(N2CCN(C(=O)c3cnc(NCc4ccsc4)c(C(C)C)n3)C(C)(C)C2)nc(C)c1C(=O)O. The zero-order valence-electron chi connectivity index (χ0n) is 22.2. The topological polar surface area (TPSA) is 112 Å². The average molecular weight is 523 g/mol. The standard InChI is InChI=1S/C27H34N6O3S/c1-16(2)23-24(28-12-19-7-10-37-14-19)29-13-20(31-23)25(34)33-9-8-32(15-27(33,5)6)21-11-17(3)22(26(35)36)18(4)30-21/h7,10-11,13-14,16H,8-9,12,15H2,1-6H3,(H,28,29)(H,35,36). The van der Waals surface area contributed by atoms with Crippen LogP contribution in [0, 0.1) is 13.8 Å². The number of carbonyl (C=O) groups excluding carboxylic acids is 1. The van der Waals surface area contributed by atoms with Crippen molar-refractivity contribution < 1.29 is 14.7 Å². The molecule has 0 spiro atoms. The van der Waals surface area contributed by atoms with Crippen molar-refractivity contribution in [3.63, 3.8) is 0 Å². The second-order valence-corrected chi connectivity index (χ2v) is 11.2. The Bertz CT molecular complexity index is 1280. The minimum Gasteiger partial charge on any atom is -0.478 e. The van der Waals surface area contributed by atoms with Gasteiger partial charge in [-0.15, -0.1) is 0 Å². The van der Waals surface area contributed by atoms with Crippen LogP contribution in [0.4, 0.5) is 11.6 Å². The molecule has 1 fully saturated rings. The molecule has 1 aliphatic heterocycles. The number of hydrogen-bond donors (Lipinski definition) is 2. The van der Waals surface area contributed by atoms with Gasteiger partial charge in [0.25, 0.3) is 5.91 Å². The third-order valence-corrected chi connectivity index (χ3v) is 7.41. The first kappa shape index (κ1) is 26.5. The van der Waals surface area contributed by atoms with Crippen molar-refractivity contribution >= 4 is 34.8 Å². The van der Waals surface area contributed by atoms with E-state index >= 15 is 0 Å². The predicted molar refractivity (Wildman–Crippen MR) is 146 cm³/mol. The van der Waals surface area contributed by atoms with Gasteiger partial charge in [-0.25, -0.2) is 19.7 Å². The Kier molecular flexibility index (Phi) is 7.49. The minimum atomic E-state index is -0.973. The van der Waals surface area contributed by atoms with E-state index in [1.807, 2.05) is 44.0 Å². The molecule has 10 heteroatoms. The lowest BCUT2D eigenvalue weighted by Gasteiger charge is -2.47. The number of aryl methyl sites for hydroxylation is 2. The fourth-order valence-corrected chi connectivity index (χ4v) is 5.45. The molecule has 0 bridgehead atoms. The summed E-state index contributed by atoms with van der Waals surface area (Å²) in [6, 6.07) is 3.88. The third-order valence-electron chi connectivity index (χ3n) is 6.67. The van der Waals surface area contributed by atoms with Gasteiger partial charge in [0.1, 0.15) is 17.3 Å². The summed E-state index contributed by atoms with van der Waals surface area (Å²) in [6.07, 6.45) is 1.56. The van der Waals surface area contributed by atoms with Crippen LogP contribution in [0.1, 0.15) is 77.0 Å². The molecule has 0 radical (unpaired) electrons. The molecule has 3 aromatic rings. The monoisotopic (exact) mass is 522 g/mol. The summed E-state index contributed by atoms with van der Waals surface area (Å²) in [7, 11) is 0. The van der Waals surface area contributed by atoms with Crippen LogP contribution >= 0.6 is 11.3 Å². The van der Waals surface area contributed by atoms with Gasteiger partial charge in [-0.3, -0.25) is 4.79 Å². The summed E-state index contributed by atoms with van der Waals surface area (Å²) < 4.78 is 0. The molecule has 1 amide bonds. The molecule has 0 aliphatic carbocycles. The first-order valence-electron chi connectivity index (χ1n) is 12.4. The van der Waals surface area contributed by atoms with Gasteiger partial charge < -0.3 is 20.2 Å². The van der Waals surface area contributed by atoms with Gasteiger partial charge >= 0.3 is 5.97 Å². The van der Waals surface area contributed by atoms with Crippen LogP contribution in [-0.4, -0.2) is 62.0 Å². The summed E-state index contributed by atoms with van der Waals surface area (Å²) in [5.41, 5.74) is 3.19. The van der Waals surface area contributed by atoms with Crippen LogP contribution < -0.4 is 10.2 Å². The van der Waals surface area contributed by atoms with Gasteiger partial charge in [0.15, 0.2) is 0 Å². The van der Waals surface area contributed by atoms with Crippen molar-refractivity contribution in [3.8, 4) is 0 Å². The number of hydrogen-bond acceptors (Lipinski definition) is 8.